The Balaban J connectivity index is 1.77. The van der Waals surface area contributed by atoms with Crippen LogP contribution < -0.4 is 10.6 Å². The van der Waals surface area contributed by atoms with Gasteiger partial charge in [-0.05, 0) is 0 Å². The third kappa shape index (κ3) is 1.76. The summed E-state index contributed by atoms with van der Waals surface area (Å²) in [6.07, 6.45) is 0. The van der Waals surface area contributed by atoms with Gasteiger partial charge < -0.3 is 10.6 Å². The molecule has 0 spiro atoms. The lowest BCUT2D eigenvalue weighted by Crippen LogP contribution is -2.63. The first kappa shape index (κ1) is 8.41. The van der Waals surface area contributed by atoms with E-state index in [2.05, 4.69) is 15.5 Å². The van der Waals surface area contributed by atoms with Crippen LogP contribution in [0, 0.1) is 0 Å². The zero-order chi connectivity index (χ0) is 8.44. The Labute approximate surface area is 72.3 Å². The quantitative estimate of drug-likeness (QED) is 0.572. The number of rotatable bonds is 2. The van der Waals surface area contributed by atoms with Crippen LogP contribution in [0.4, 0.5) is 4.39 Å². The van der Waals surface area contributed by atoms with Crippen molar-refractivity contribution in [2.45, 2.75) is 5.67 Å². The van der Waals surface area contributed by atoms with E-state index in [0.29, 0.717) is 19.6 Å². The molecule has 12 heavy (non-hydrogen) atoms. The van der Waals surface area contributed by atoms with Crippen molar-refractivity contribution in [3.8, 4) is 0 Å². The Kier molecular flexibility index (Phi) is 2.30. The van der Waals surface area contributed by atoms with Crippen LogP contribution in [0.2, 0.25) is 0 Å². The van der Waals surface area contributed by atoms with Crippen LogP contribution in [0.5, 0.6) is 0 Å². The van der Waals surface area contributed by atoms with Crippen LogP contribution in [-0.4, -0.2) is 56.4 Å². The van der Waals surface area contributed by atoms with Gasteiger partial charge in [0.1, 0.15) is 5.67 Å². The highest BCUT2D eigenvalue weighted by Crippen LogP contribution is 2.17. The Morgan fingerprint density at radius 2 is 1.83 bits per heavy atom. The van der Waals surface area contributed by atoms with Crippen molar-refractivity contribution >= 4 is 0 Å². The number of hydrogen-bond donors (Lipinski definition) is 2. The maximum absolute atomic E-state index is 13.6. The maximum Gasteiger partial charge on any atom is 0.148 e. The minimum atomic E-state index is -0.933. The van der Waals surface area contributed by atoms with Gasteiger partial charge >= 0.3 is 0 Å². The predicted molar refractivity (Wildman–Crippen MR) is 46.0 cm³/mol. The molecule has 0 atom stereocenters. The third-order valence-electron chi connectivity index (χ3n) is 2.60. The van der Waals surface area contributed by atoms with Crippen LogP contribution in [0.1, 0.15) is 0 Å². The average molecular weight is 173 g/mol. The fourth-order valence-electron chi connectivity index (χ4n) is 1.78. The Hall–Kier alpha value is -0.190. The monoisotopic (exact) mass is 173 g/mol. The minimum Gasteiger partial charge on any atom is -0.314 e. The molecule has 0 aliphatic carbocycles. The highest BCUT2D eigenvalue weighted by Gasteiger charge is 2.38. The fraction of sp³-hybridized carbons (Fsp3) is 1.00. The number of piperazine rings is 1. The molecule has 0 amide bonds. The molecule has 70 valence electrons. The minimum absolute atomic E-state index is 0.539. The first-order valence-electron chi connectivity index (χ1n) is 4.61. The van der Waals surface area contributed by atoms with E-state index < -0.39 is 5.67 Å². The molecule has 2 fully saturated rings. The SMILES string of the molecule is FC1(CN2CCNCC2)CNC1. The first-order valence-corrected chi connectivity index (χ1v) is 4.61. The van der Waals surface area contributed by atoms with Crippen LogP contribution >= 0.6 is 0 Å². The molecule has 2 aliphatic heterocycles. The molecule has 0 bridgehead atoms. The maximum atomic E-state index is 13.6. The van der Waals surface area contributed by atoms with Gasteiger partial charge in [0.15, 0.2) is 0 Å². The fourth-order valence-corrected chi connectivity index (χ4v) is 1.78. The summed E-state index contributed by atoms with van der Waals surface area (Å²) in [7, 11) is 0. The number of nitrogens with zero attached hydrogens (tertiary/aromatic N) is 1. The van der Waals surface area contributed by atoms with E-state index in [0.717, 1.165) is 26.2 Å². The summed E-state index contributed by atoms with van der Waals surface area (Å²) in [5.41, 5.74) is -0.933. The van der Waals surface area contributed by atoms with Gasteiger partial charge in [-0.2, -0.15) is 0 Å². The lowest BCUT2D eigenvalue weighted by atomic mass is 9.98. The summed E-state index contributed by atoms with van der Waals surface area (Å²) < 4.78 is 13.6. The summed E-state index contributed by atoms with van der Waals surface area (Å²) in [5, 5.41) is 6.23. The normalized spacial score (nSPS) is 29.8. The largest absolute Gasteiger partial charge is 0.314 e. The van der Waals surface area contributed by atoms with Gasteiger partial charge in [-0.25, -0.2) is 4.39 Å². The van der Waals surface area contributed by atoms with Crippen molar-refractivity contribution in [3.63, 3.8) is 0 Å². The van der Waals surface area contributed by atoms with E-state index >= 15 is 0 Å². The van der Waals surface area contributed by atoms with E-state index in [-0.39, 0.29) is 0 Å². The lowest BCUT2D eigenvalue weighted by Gasteiger charge is -2.40. The molecule has 2 heterocycles. The van der Waals surface area contributed by atoms with E-state index in [1.165, 1.54) is 0 Å². The zero-order valence-electron chi connectivity index (χ0n) is 7.27. The Morgan fingerprint density at radius 1 is 1.17 bits per heavy atom. The molecule has 0 unspecified atom stereocenters. The molecular formula is C8H16FN3. The number of alkyl halides is 1. The molecule has 2 saturated heterocycles. The standard InChI is InChI=1S/C8H16FN3/c9-8(5-11-6-8)7-12-3-1-10-2-4-12/h10-11H,1-7H2. The predicted octanol–water partition coefficient (Wildman–Crippen LogP) is -0.797. The van der Waals surface area contributed by atoms with Crippen LogP contribution in [-0.2, 0) is 0 Å². The van der Waals surface area contributed by atoms with Crippen molar-refractivity contribution in [3.05, 3.63) is 0 Å². The van der Waals surface area contributed by atoms with Crippen molar-refractivity contribution in [1.82, 2.24) is 15.5 Å². The molecule has 0 aromatic heterocycles. The molecule has 0 aromatic rings. The second-order valence-electron chi connectivity index (χ2n) is 3.78. The van der Waals surface area contributed by atoms with Gasteiger partial charge in [-0.15, -0.1) is 0 Å². The highest BCUT2D eigenvalue weighted by molar-refractivity contribution is 4.96. The highest BCUT2D eigenvalue weighted by atomic mass is 19.1. The van der Waals surface area contributed by atoms with E-state index in [4.69, 9.17) is 0 Å². The van der Waals surface area contributed by atoms with Crippen molar-refractivity contribution in [2.75, 3.05) is 45.8 Å². The van der Waals surface area contributed by atoms with E-state index in [1.807, 2.05) is 0 Å². The number of halogens is 1. The van der Waals surface area contributed by atoms with Gasteiger partial charge in [-0.1, -0.05) is 0 Å². The number of hydrogen-bond acceptors (Lipinski definition) is 3. The van der Waals surface area contributed by atoms with Crippen molar-refractivity contribution in [1.29, 1.82) is 0 Å². The second-order valence-corrected chi connectivity index (χ2v) is 3.78. The summed E-state index contributed by atoms with van der Waals surface area (Å²) >= 11 is 0. The lowest BCUT2D eigenvalue weighted by molar-refractivity contribution is 0.0384. The zero-order valence-corrected chi connectivity index (χ0v) is 7.27. The van der Waals surface area contributed by atoms with Crippen molar-refractivity contribution in [2.24, 2.45) is 0 Å². The second kappa shape index (κ2) is 3.28. The third-order valence-corrected chi connectivity index (χ3v) is 2.60. The molecule has 4 heteroatoms. The topological polar surface area (TPSA) is 27.3 Å². The smallest absolute Gasteiger partial charge is 0.148 e. The van der Waals surface area contributed by atoms with Crippen LogP contribution in [0.15, 0.2) is 0 Å². The molecule has 3 nitrogen and oxygen atoms in total. The van der Waals surface area contributed by atoms with Gasteiger partial charge in [0.25, 0.3) is 0 Å². The average Bonchev–Trinajstić information content (AvgIpc) is 2.04. The molecule has 2 aliphatic rings. The summed E-state index contributed by atoms with van der Waals surface area (Å²) in [4.78, 5) is 2.21. The van der Waals surface area contributed by atoms with E-state index in [1.54, 1.807) is 0 Å². The van der Waals surface area contributed by atoms with Gasteiger partial charge in [0.2, 0.25) is 0 Å². The van der Waals surface area contributed by atoms with Gasteiger partial charge in [0, 0.05) is 45.8 Å². The summed E-state index contributed by atoms with van der Waals surface area (Å²) in [5.74, 6) is 0. The van der Waals surface area contributed by atoms with Crippen LogP contribution in [0.3, 0.4) is 0 Å². The molecule has 0 saturated carbocycles. The molecule has 2 rings (SSSR count). The molecule has 2 N–H and O–H groups in total. The molecule has 0 radical (unpaired) electrons. The number of nitrogens with one attached hydrogen (secondary N) is 2. The first-order chi connectivity index (χ1) is 5.79. The Bertz CT molecular complexity index is 152. The van der Waals surface area contributed by atoms with Crippen LogP contribution in [0.25, 0.3) is 0 Å². The summed E-state index contributed by atoms with van der Waals surface area (Å²) in [6.45, 7) is 5.68. The summed E-state index contributed by atoms with van der Waals surface area (Å²) in [6, 6.07) is 0. The van der Waals surface area contributed by atoms with Gasteiger partial charge in [0.05, 0.1) is 0 Å². The molecule has 0 aromatic carbocycles. The Morgan fingerprint density at radius 3 is 2.33 bits per heavy atom. The van der Waals surface area contributed by atoms with E-state index in [9.17, 15) is 4.39 Å². The molecular weight excluding hydrogens is 157 g/mol. The van der Waals surface area contributed by atoms with Gasteiger partial charge in [-0.3, -0.25) is 4.90 Å². The van der Waals surface area contributed by atoms with Crippen molar-refractivity contribution < 1.29 is 4.39 Å².